The van der Waals surface area contributed by atoms with Gasteiger partial charge in [-0.2, -0.15) is 5.10 Å². The summed E-state index contributed by atoms with van der Waals surface area (Å²) in [6.07, 6.45) is 9.16. The number of hydrogen-bond donors (Lipinski definition) is 1. The third-order valence-electron chi connectivity index (χ3n) is 5.98. The van der Waals surface area contributed by atoms with Crippen molar-refractivity contribution in [2.45, 2.75) is 75.3 Å². The fourth-order valence-electron chi connectivity index (χ4n) is 4.38. The number of aryl methyl sites for hydroxylation is 1. The average Bonchev–Trinajstić information content (AvgIpc) is 3.25. The number of ether oxygens (including phenoxy) is 2. The first-order valence-corrected chi connectivity index (χ1v) is 9.87. The van der Waals surface area contributed by atoms with E-state index >= 15 is 0 Å². The Morgan fingerprint density at radius 1 is 1.38 bits per heavy atom. The third kappa shape index (κ3) is 3.80. The van der Waals surface area contributed by atoms with E-state index in [-0.39, 0.29) is 30.6 Å². The highest BCUT2D eigenvalue weighted by molar-refractivity contribution is 5.78. The summed E-state index contributed by atoms with van der Waals surface area (Å²) in [5.41, 5.74) is -0.773. The number of fused-ring (bicyclic) bond motifs is 1. The molecule has 1 aromatic rings. The molecular formula is C19H29N3O4. The van der Waals surface area contributed by atoms with Crippen LogP contribution in [-0.4, -0.2) is 69.3 Å². The second-order valence-corrected chi connectivity index (χ2v) is 7.88. The lowest BCUT2D eigenvalue weighted by atomic mass is 9.77. The van der Waals surface area contributed by atoms with E-state index < -0.39 is 5.60 Å². The molecule has 3 fully saturated rings. The molecule has 1 saturated carbocycles. The van der Waals surface area contributed by atoms with Crippen LogP contribution in [0.15, 0.2) is 18.5 Å². The Bertz CT molecular complexity index is 602. The highest BCUT2D eigenvalue weighted by atomic mass is 16.5. The Balaban J connectivity index is 1.31. The lowest BCUT2D eigenvalue weighted by Crippen LogP contribution is -2.47. The van der Waals surface area contributed by atoms with Gasteiger partial charge in [-0.1, -0.05) is 0 Å². The summed E-state index contributed by atoms with van der Waals surface area (Å²) in [6.45, 7) is 2.76. The summed E-state index contributed by atoms with van der Waals surface area (Å²) >= 11 is 0. The molecule has 0 aromatic carbocycles. The average molecular weight is 363 g/mol. The van der Waals surface area contributed by atoms with Crippen molar-refractivity contribution in [3.63, 3.8) is 0 Å². The van der Waals surface area contributed by atoms with Crippen LogP contribution in [0, 0.1) is 0 Å². The second kappa shape index (κ2) is 7.66. The van der Waals surface area contributed by atoms with Crippen molar-refractivity contribution in [2.24, 2.45) is 0 Å². The number of carbonyl (C=O) groups is 1. The number of rotatable bonds is 7. The van der Waals surface area contributed by atoms with Crippen molar-refractivity contribution in [3.05, 3.63) is 18.5 Å². The molecule has 3 heterocycles. The maximum absolute atomic E-state index is 12.8. The fourth-order valence-corrected chi connectivity index (χ4v) is 4.38. The van der Waals surface area contributed by atoms with Gasteiger partial charge in [0.05, 0.1) is 18.1 Å². The first-order valence-electron chi connectivity index (χ1n) is 9.87. The Morgan fingerprint density at radius 2 is 2.27 bits per heavy atom. The number of likely N-dealkylation sites (tertiary alicyclic amines) is 1. The predicted molar refractivity (Wildman–Crippen MR) is 94.5 cm³/mol. The molecule has 3 atom stereocenters. The highest BCUT2D eigenvalue weighted by Crippen LogP contribution is 2.37. The van der Waals surface area contributed by atoms with Crippen molar-refractivity contribution in [1.29, 1.82) is 0 Å². The van der Waals surface area contributed by atoms with E-state index in [0.29, 0.717) is 13.2 Å². The van der Waals surface area contributed by atoms with Crippen molar-refractivity contribution in [1.82, 2.24) is 14.7 Å². The number of amides is 1. The third-order valence-corrected chi connectivity index (χ3v) is 5.98. The molecule has 26 heavy (non-hydrogen) atoms. The molecule has 1 aromatic heterocycles. The summed E-state index contributed by atoms with van der Waals surface area (Å²) in [6, 6.07) is 2.01. The first kappa shape index (κ1) is 17.9. The minimum absolute atomic E-state index is 0.0339. The molecular weight excluding hydrogens is 334 g/mol. The van der Waals surface area contributed by atoms with Crippen LogP contribution >= 0.6 is 0 Å². The van der Waals surface area contributed by atoms with Crippen LogP contribution in [0.2, 0.25) is 0 Å². The molecule has 4 rings (SSSR count). The zero-order chi connectivity index (χ0) is 18.0. The van der Waals surface area contributed by atoms with Gasteiger partial charge in [0, 0.05) is 38.7 Å². The summed E-state index contributed by atoms with van der Waals surface area (Å²) in [5, 5.41) is 14.5. The molecule has 3 aliphatic rings. The van der Waals surface area contributed by atoms with E-state index in [0.717, 1.165) is 51.7 Å². The van der Waals surface area contributed by atoms with Crippen LogP contribution < -0.4 is 0 Å². The molecule has 7 heteroatoms. The van der Waals surface area contributed by atoms with Crippen LogP contribution in [0.1, 0.15) is 44.9 Å². The van der Waals surface area contributed by atoms with Crippen LogP contribution in [0.3, 0.4) is 0 Å². The van der Waals surface area contributed by atoms with Gasteiger partial charge in [-0.05, 0) is 44.6 Å². The van der Waals surface area contributed by atoms with Crippen LogP contribution in [0.5, 0.6) is 0 Å². The molecule has 0 spiro atoms. The van der Waals surface area contributed by atoms with E-state index in [4.69, 9.17) is 9.47 Å². The summed E-state index contributed by atoms with van der Waals surface area (Å²) in [4.78, 5) is 14.7. The van der Waals surface area contributed by atoms with Crippen molar-refractivity contribution in [2.75, 3.05) is 19.8 Å². The van der Waals surface area contributed by atoms with Gasteiger partial charge in [-0.3, -0.25) is 9.48 Å². The van der Waals surface area contributed by atoms with Gasteiger partial charge in [0.25, 0.3) is 0 Å². The van der Waals surface area contributed by atoms with Gasteiger partial charge in [-0.15, -0.1) is 0 Å². The standard InChI is InChI=1S/C19H29N3O4/c23-17(13-19(24)6-2-7-19)22-14-16(18-15(22)5-1-11-26-18)25-12-4-10-21-9-3-8-20-21/h3,8-9,15-16,18,24H,1-2,4-7,10-14H2/t15-,16+,18+/m1/s1. The Morgan fingerprint density at radius 3 is 3.00 bits per heavy atom. The maximum atomic E-state index is 12.8. The van der Waals surface area contributed by atoms with Crippen LogP contribution in [0.25, 0.3) is 0 Å². The van der Waals surface area contributed by atoms with Crippen molar-refractivity contribution < 1.29 is 19.4 Å². The van der Waals surface area contributed by atoms with E-state index in [1.807, 2.05) is 21.8 Å². The molecule has 1 amide bonds. The zero-order valence-corrected chi connectivity index (χ0v) is 15.3. The quantitative estimate of drug-likeness (QED) is 0.740. The maximum Gasteiger partial charge on any atom is 0.225 e. The lowest BCUT2D eigenvalue weighted by molar-refractivity contribution is -0.143. The molecule has 2 aliphatic heterocycles. The Kier molecular flexibility index (Phi) is 5.29. The van der Waals surface area contributed by atoms with Gasteiger partial charge < -0.3 is 19.5 Å². The SMILES string of the molecule is O=C(CC1(O)CCC1)N1C[C@H](OCCCn2cccn2)[C@H]2OCCC[C@H]21. The highest BCUT2D eigenvalue weighted by Gasteiger charge is 2.48. The number of aromatic nitrogens is 2. The molecule has 2 saturated heterocycles. The lowest BCUT2D eigenvalue weighted by Gasteiger charge is -2.38. The molecule has 0 radical (unpaired) electrons. The number of carbonyl (C=O) groups excluding carboxylic acids is 1. The minimum atomic E-state index is -0.773. The van der Waals surface area contributed by atoms with Gasteiger partial charge in [0.15, 0.2) is 0 Å². The van der Waals surface area contributed by atoms with Crippen molar-refractivity contribution in [3.8, 4) is 0 Å². The topological polar surface area (TPSA) is 76.8 Å². The fraction of sp³-hybridized carbons (Fsp3) is 0.789. The van der Waals surface area contributed by atoms with Gasteiger partial charge in [-0.25, -0.2) is 0 Å². The van der Waals surface area contributed by atoms with E-state index in [2.05, 4.69) is 5.10 Å². The van der Waals surface area contributed by atoms with Crippen LogP contribution in [-0.2, 0) is 20.8 Å². The van der Waals surface area contributed by atoms with Crippen molar-refractivity contribution >= 4 is 5.91 Å². The Hall–Kier alpha value is -1.44. The van der Waals surface area contributed by atoms with E-state index in [1.54, 1.807) is 6.20 Å². The number of nitrogens with zero attached hydrogens (tertiary/aromatic N) is 3. The van der Waals surface area contributed by atoms with E-state index in [1.165, 1.54) is 0 Å². The monoisotopic (exact) mass is 363 g/mol. The summed E-state index contributed by atoms with van der Waals surface area (Å²) in [7, 11) is 0. The number of hydrogen-bond acceptors (Lipinski definition) is 5. The van der Waals surface area contributed by atoms with Gasteiger partial charge in [0.2, 0.25) is 5.91 Å². The molecule has 7 nitrogen and oxygen atoms in total. The molecule has 1 N–H and O–H groups in total. The molecule has 0 unspecified atom stereocenters. The van der Waals surface area contributed by atoms with Gasteiger partial charge >= 0.3 is 0 Å². The normalized spacial score (nSPS) is 30.0. The second-order valence-electron chi connectivity index (χ2n) is 7.88. The Labute approximate surface area is 154 Å². The zero-order valence-electron chi connectivity index (χ0n) is 15.3. The summed E-state index contributed by atoms with van der Waals surface area (Å²) in [5.74, 6) is 0.0512. The predicted octanol–water partition coefficient (Wildman–Crippen LogP) is 1.35. The molecule has 144 valence electrons. The largest absolute Gasteiger partial charge is 0.389 e. The molecule has 0 bridgehead atoms. The van der Waals surface area contributed by atoms with E-state index in [9.17, 15) is 9.90 Å². The van der Waals surface area contributed by atoms with Gasteiger partial charge in [0.1, 0.15) is 12.2 Å². The number of aliphatic hydroxyl groups is 1. The first-order chi connectivity index (χ1) is 12.6. The summed E-state index contributed by atoms with van der Waals surface area (Å²) < 4.78 is 14.0. The minimum Gasteiger partial charge on any atom is -0.389 e. The van der Waals surface area contributed by atoms with Crippen LogP contribution in [0.4, 0.5) is 0 Å². The molecule has 1 aliphatic carbocycles. The smallest absolute Gasteiger partial charge is 0.225 e.